The summed E-state index contributed by atoms with van der Waals surface area (Å²) in [5, 5.41) is 0. The van der Waals surface area contributed by atoms with E-state index in [1.54, 1.807) is 0 Å². The molecule has 1 atom stereocenters. The van der Waals surface area contributed by atoms with Crippen LogP contribution in [-0.4, -0.2) is 38.4 Å². The lowest BCUT2D eigenvalue weighted by Crippen LogP contribution is -2.38. The number of carbonyl (C=O) groups excluding carboxylic acids is 1. The lowest BCUT2D eigenvalue weighted by molar-refractivity contribution is -0.144. The summed E-state index contributed by atoms with van der Waals surface area (Å²) in [5.74, 6) is -0.554. The fourth-order valence-electron chi connectivity index (χ4n) is 1.37. The molecule has 7 heteroatoms. The third kappa shape index (κ3) is 2.32. The minimum absolute atomic E-state index is 0.283. The zero-order valence-electron chi connectivity index (χ0n) is 7.07. The maximum atomic E-state index is 11.1. The normalized spacial score (nSPS) is 24.6. The van der Waals surface area contributed by atoms with Gasteiger partial charge in [0.15, 0.2) is 0 Å². The SMILES string of the molecule is COC(=O)[C@@H]1CCCN1S(=O)(=O)Cl. The summed E-state index contributed by atoms with van der Waals surface area (Å²) in [4.78, 5) is 11.1. The molecule has 1 saturated heterocycles. The zero-order valence-corrected chi connectivity index (χ0v) is 8.64. The molecule has 5 nitrogen and oxygen atoms in total. The summed E-state index contributed by atoms with van der Waals surface area (Å²) in [6.45, 7) is 0.283. The van der Waals surface area contributed by atoms with Crippen LogP contribution in [0.4, 0.5) is 0 Å². The van der Waals surface area contributed by atoms with Crippen molar-refractivity contribution in [2.45, 2.75) is 18.9 Å². The quantitative estimate of drug-likeness (QED) is 0.496. The Balaban J connectivity index is 2.82. The highest BCUT2D eigenvalue weighted by Gasteiger charge is 2.38. The van der Waals surface area contributed by atoms with Gasteiger partial charge in [0.1, 0.15) is 6.04 Å². The van der Waals surface area contributed by atoms with Crippen LogP contribution < -0.4 is 0 Å². The molecule has 0 aromatic heterocycles. The first-order valence-corrected chi connectivity index (χ1v) is 6.02. The van der Waals surface area contributed by atoms with Gasteiger partial charge in [0.25, 0.3) is 0 Å². The van der Waals surface area contributed by atoms with Crippen molar-refractivity contribution in [1.82, 2.24) is 4.31 Å². The maximum Gasteiger partial charge on any atom is 0.324 e. The fourth-order valence-corrected chi connectivity index (χ4v) is 2.71. The number of rotatable bonds is 2. The van der Waals surface area contributed by atoms with Crippen LogP contribution in [0.1, 0.15) is 12.8 Å². The Bertz CT molecular complexity index is 302. The lowest BCUT2D eigenvalue weighted by atomic mass is 10.2. The van der Waals surface area contributed by atoms with Gasteiger partial charge >= 0.3 is 15.2 Å². The van der Waals surface area contributed by atoms with Crippen molar-refractivity contribution < 1.29 is 17.9 Å². The Morgan fingerprint density at radius 3 is 2.69 bits per heavy atom. The van der Waals surface area contributed by atoms with Gasteiger partial charge in [-0.3, -0.25) is 4.79 Å². The van der Waals surface area contributed by atoms with Crippen LogP contribution in [0, 0.1) is 0 Å². The maximum absolute atomic E-state index is 11.1. The standard InChI is InChI=1S/C6H10ClNO4S/c1-12-6(9)5-3-2-4-8(5)13(7,10)11/h5H,2-4H2,1H3/t5-/m0/s1. The van der Waals surface area contributed by atoms with E-state index in [0.717, 1.165) is 4.31 Å². The molecule has 0 bridgehead atoms. The smallest absolute Gasteiger partial charge is 0.324 e. The summed E-state index contributed by atoms with van der Waals surface area (Å²) in [5.41, 5.74) is 0. The van der Waals surface area contributed by atoms with E-state index in [1.807, 2.05) is 0 Å². The molecule has 0 aromatic rings. The van der Waals surface area contributed by atoms with Gasteiger partial charge in [-0.15, -0.1) is 0 Å². The molecule has 1 fully saturated rings. The fraction of sp³-hybridized carbons (Fsp3) is 0.833. The molecule has 0 amide bonds. The number of nitrogens with zero attached hydrogens (tertiary/aromatic N) is 1. The van der Waals surface area contributed by atoms with E-state index in [-0.39, 0.29) is 6.54 Å². The Labute approximate surface area is 81.2 Å². The molecule has 0 saturated carbocycles. The third-order valence-corrected chi connectivity index (χ3v) is 3.49. The van der Waals surface area contributed by atoms with Crippen molar-refractivity contribution in [3.63, 3.8) is 0 Å². The third-order valence-electron chi connectivity index (χ3n) is 1.96. The highest BCUT2D eigenvalue weighted by molar-refractivity contribution is 8.11. The second-order valence-corrected chi connectivity index (χ2v) is 5.20. The lowest BCUT2D eigenvalue weighted by Gasteiger charge is -2.17. The summed E-state index contributed by atoms with van der Waals surface area (Å²) in [6.07, 6.45) is 1.10. The van der Waals surface area contributed by atoms with Gasteiger partial charge < -0.3 is 4.74 Å². The van der Waals surface area contributed by atoms with Crippen LogP contribution in [0.3, 0.4) is 0 Å². The molecular weight excluding hydrogens is 218 g/mol. The van der Waals surface area contributed by atoms with Gasteiger partial charge in [-0.1, -0.05) is 0 Å². The van der Waals surface area contributed by atoms with Crippen molar-refractivity contribution >= 4 is 25.9 Å². The van der Waals surface area contributed by atoms with E-state index in [9.17, 15) is 13.2 Å². The van der Waals surface area contributed by atoms with Gasteiger partial charge in [0.2, 0.25) is 0 Å². The largest absolute Gasteiger partial charge is 0.468 e. The number of hydrogen-bond donors (Lipinski definition) is 0. The predicted octanol–water partition coefficient (Wildman–Crippen LogP) is 0.107. The predicted molar refractivity (Wildman–Crippen MR) is 46.5 cm³/mol. The number of esters is 1. The van der Waals surface area contributed by atoms with Gasteiger partial charge in [-0.05, 0) is 12.8 Å². The van der Waals surface area contributed by atoms with E-state index in [4.69, 9.17) is 10.7 Å². The second-order valence-electron chi connectivity index (χ2n) is 2.73. The molecule has 0 aromatic carbocycles. The summed E-state index contributed by atoms with van der Waals surface area (Å²) in [6, 6.07) is -0.743. The average Bonchev–Trinajstić information content (AvgIpc) is 2.49. The summed E-state index contributed by atoms with van der Waals surface area (Å²) >= 11 is 0. The van der Waals surface area contributed by atoms with Crippen LogP contribution in [0.15, 0.2) is 0 Å². The first-order valence-electron chi connectivity index (χ1n) is 3.76. The molecule has 1 rings (SSSR count). The topological polar surface area (TPSA) is 63.7 Å². The molecule has 0 unspecified atom stereocenters. The van der Waals surface area contributed by atoms with Gasteiger partial charge in [-0.2, -0.15) is 12.7 Å². The Kier molecular flexibility index (Phi) is 3.15. The minimum atomic E-state index is -3.80. The summed E-state index contributed by atoms with van der Waals surface area (Å²) < 4.78 is 27.3. The first-order chi connectivity index (χ1) is 5.96. The van der Waals surface area contributed by atoms with Crippen molar-refractivity contribution in [1.29, 1.82) is 0 Å². The molecule has 0 radical (unpaired) electrons. The Morgan fingerprint density at radius 1 is 1.62 bits per heavy atom. The van der Waals surface area contributed by atoms with Crippen molar-refractivity contribution in [2.24, 2.45) is 0 Å². The molecule has 13 heavy (non-hydrogen) atoms. The van der Waals surface area contributed by atoms with E-state index in [0.29, 0.717) is 12.8 Å². The first kappa shape index (κ1) is 10.7. The van der Waals surface area contributed by atoms with Gasteiger partial charge in [0.05, 0.1) is 7.11 Å². The van der Waals surface area contributed by atoms with Gasteiger partial charge in [-0.25, -0.2) is 0 Å². The average molecular weight is 228 g/mol. The number of methoxy groups -OCH3 is 1. The van der Waals surface area contributed by atoms with Crippen molar-refractivity contribution in [3.8, 4) is 0 Å². The Hall–Kier alpha value is -0.330. The van der Waals surface area contributed by atoms with E-state index >= 15 is 0 Å². The minimum Gasteiger partial charge on any atom is -0.468 e. The number of halogens is 1. The molecule has 0 N–H and O–H groups in total. The van der Waals surface area contributed by atoms with Crippen molar-refractivity contribution in [3.05, 3.63) is 0 Å². The molecule has 1 aliphatic rings. The highest BCUT2D eigenvalue weighted by atomic mass is 35.7. The number of carbonyl (C=O) groups is 1. The zero-order chi connectivity index (χ0) is 10.1. The number of ether oxygens (including phenoxy) is 1. The van der Waals surface area contributed by atoms with Crippen LogP contribution in [0.5, 0.6) is 0 Å². The molecule has 1 aliphatic heterocycles. The van der Waals surface area contributed by atoms with E-state index in [1.165, 1.54) is 7.11 Å². The molecular formula is C6H10ClNO4S. The second kappa shape index (κ2) is 3.81. The molecule has 76 valence electrons. The van der Waals surface area contributed by atoms with E-state index < -0.39 is 21.2 Å². The van der Waals surface area contributed by atoms with E-state index in [2.05, 4.69) is 4.74 Å². The van der Waals surface area contributed by atoms with Gasteiger partial charge in [0, 0.05) is 17.2 Å². The van der Waals surface area contributed by atoms with Crippen molar-refractivity contribution in [2.75, 3.05) is 13.7 Å². The molecule has 1 heterocycles. The Morgan fingerprint density at radius 2 is 2.23 bits per heavy atom. The van der Waals surface area contributed by atoms with Crippen LogP contribution in [0.25, 0.3) is 0 Å². The van der Waals surface area contributed by atoms with Crippen LogP contribution in [0.2, 0.25) is 0 Å². The summed E-state index contributed by atoms with van der Waals surface area (Å²) in [7, 11) is 2.55. The molecule has 0 aliphatic carbocycles. The van der Waals surface area contributed by atoms with Crippen LogP contribution >= 0.6 is 10.7 Å². The number of hydrogen-bond acceptors (Lipinski definition) is 4. The monoisotopic (exact) mass is 227 g/mol. The van der Waals surface area contributed by atoms with Crippen LogP contribution in [-0.2, 0) is 18.8 Å². The molecule has 0 spiro atoms. The highest BCUT2D eigenvalue weighted by Crippen LogP contribution is 2.23.